The summed E-state index contributed by atoms with van der Waals surface area (Å²) in [6.07, 6.45) is 0. The number of carbonyl (C=O) groups is 1. The molecule has 2 aromatic carbocycles. The summed E-state index contributed by atoms with van der Waals surface area (Å²) in [6, 6.07) is 15.3. The monoisotopic (exact) mass is 363 g/mol. The predicted octanol–water partition coefficient (Wildman–Crippen LogP) is 2.75. The predicted molar refractivity (Wildman–Crippen MR) is 99.6 cm³/mol. The van der Waals surface area contributed by atoms with E-state index in [9.17, 15) is 10.1 Å². The third kappa shape index (κ3) is 3.34. The molecule has 2 aliphatic rings. The molecule has 2 aromatic rings. The van der Waals surface area contributed by atoms with Crippen LogP contribution in [0.5, 0.6) is 11.5 Å². The standard InChI is InChI=1S/C21H21N3O3/c1-15-4-2-3-5-17(15)21(25)24-10-8-23(9-11-24)18(13-22)16-6-7-19-20(12-16)27-14-26-19/h2-7,12,18H,8-11,14H2,1H3. The van der Waals surface area contributed by atoms with Gasteiger partial charge < -0.3 is 14.4 Å². The van der Waals surface area contributed by atoms with E-state index >= 15 is 0 Å². The Labute approximate surface area is 158 Å². The molecule has 1 amide bonds. The van der Waals surface area contributed by atoms with E-state index in [1.54, 1.807) is 0 Å². The van der Waals surface area contributed by atoms with Crippen molar-refractivity contribution in [3.63, 3.8) is 0 Å². The van der Waals surface area contributed by atoms with Gasteiger partial charge in [-0.05, 0) is 36.2 Å². The molecule has 1 atom stereocenters. The number of amides is 1. The highest BCUT2D eigenvalue weighted by Gasteiger charge is 2.29. The normalized spacial score (nSPS) is 17.4. The van der Waals surface area contributed by atoms with Crippen molar-refractivity contribution in [2.45, 2.75) is 13.0 Å². The van der Waals surface area contributed by atoms with Crippen LogP contribution in [0.15, 0.2) is 42.5 Å². The number of nitrogens with zero attached hydrogens (tertiary/aromatic N) is 3. The Morgan fingerprint density at radius 2 is 1.81 bits per heavy atom. The summed E-state index contributed by atoms with van der Waals surface area (Å²) in [5, 5.41) is 9.73. The van der Waals surface area contributed by atoms with Crippen LogP contribution in [0.25, 0.3) is 0 Å². The minimum absolute atomic E-state index is 0.0596. The molecule has 1 saturated heterocycles. The SMILES string of the molecule is Cc1ccccc1C(=O)N1CCN(C(C#N)c2ccc3c(c2)OCO3)CC1. The van der Waals surface area contributed by atoms with Gasteiger partial charge in [-0.25, -0.2) is 0 Å². The molecule has 0 bridgehead atoms. The fraction of sp³-hybridized carbons (Fsp3) is 0.333. The minimum atomic E-state index is -0.366. The van der Waals surface area contributed by atoms with Crippen LogP contribution in [-0.2, 0) is 0 Å². The fourth-order valence-corrected chi connectivity index (χ4v) is 3.62. The molecule has 6 nitrogen and oxygen atoms in total. The van der Waals surface area contributed by atoms with Crippen LogP contribution >= 0.6 is 0 Å². The number of hydrogen-bond donors (Lipinski definition) is 0. The van der Waals surface area contributed by atoms with Crippen molar-refractivity contribution in [3.8, 4) is 17.6 Å². The first kappa shape index (κ1) is 17.4. The van der Waals surface area contributed by atoms with Crippen molar-refractivity contribution in [2.75, 3.05) is 33.0 Å². The van der Waals surface area contributed by atoms with Gasteiger partial charge in [0.2, 0.25) is 6.79 Å². The maximum Gasteiger partial charge on any atom is 0.254 e. The van der Waals surface area contributed by atoms with Crippen molar-refractivity contribution < 1.29 is 14.3 Å². The Bertz CT molecular complexity index is 898. The Morgan fingerprint density at radius 1 is 1.07 bits per heavy atom. The number of hydrogen-bond acceptors (Lipinski definition) is 5. The first-order chi connectivity index (χ1) is 13.2. The van der Waals surface area contributed by atoms with Crippen molar-refractivity contribution in [1.82, 2.24) is 9.80 Å². The summed E-state index contributed by atoms with van der Waals surface area (Å²) in [5.41, 5.74) is 2.62. The van der Waals surface area contributed by atoms with E-state index in [2.05, 4.69) is 11.0 Å². The number of carbonyl (C=O) groups excluding carboxylic acids is 1. The van der Waals surface area contributed by atoms with Crippen LogP contribution in [0.4, 0.5) is 0 Å². The second-order valence-electron chi connectivity index (χ2n) is 6.79. The van der Waals surface area contributed by atoms with Gasteiger partial charge in [0, 0.05) is 31.7 Å². The summed E-state index contributed by atoms with van der Waals surface area (Å²) in [6.45, 7) is 4.70. The molecule has 6 heteroatoms. The molecule has 1 fully saturated rings. The lowest BCUT2D eigenvalue weighted by molar-refractivity contribution is 0.0605. The van der Waals surface area contributed by atoms with Gasteiger partial charge in [0.05, 0.1) is 6.07 Å². The zero-order valence-corrected chi connectivity index (χ0v) is 15.2. The Hall–Kier alpha value is -3.04. The van der Waals surface area contributed by atoms with E-state index in [0.29, 0.717) is 37.7 Å². The number of fused-ring (bicyclic) bond motifs is 1. The molecule has 4 rings (SSSR count). The quantitative estimate of drug-likeness (QED) is 0.839. The van der Waals surface area contributed by atoms with Gasteiger partial charge in [0.15, 0.2) is 11.5 Å². The minimum Gasteiger partial charge on any atom is -0.454 e. The second kappa shape index (κ2) is 7.29. The van der Waals surface area contributed by atoms with Crippen LogP contribution in [-0.4, -0.2) is 48.7 Å². The van der Waals surface area contributed by atoms with Crippen molar-refractivity contribution >= 4 is 5.91 Å². The Balaban J connectivity index is 1.44. The van der Waals surface area contributed by atoms with Gasteiger partial charge >= 0.3 is 0 Å². The molecular weight excluding hydrogens is 342 g/mol. The molecule has 0 aromatic heterocycles. The Kier molecular flexibility index (Phi) is 4.69. The largest absolute Gasteiger partial charge is 0.454 e. The second-order valence-corrected chi connectivity index (χ2v) is 6.79. The van der Waals surface area contributed by atoms with Gasteiger partial charge in [0.25, 0.3) is 5.91 Å². The molecule has 2 aliphatic heterocycles. The molecule has 0 N–H and O–H groups in total. The van der Waals surface area contributed by atoms with Gasteiger partial charge in [-0.15, -0.1) is 0 Å². The highest BCUT2D eigenvalue weighted by molar-refractivity contribution is 5.95. The van der Waals surface area contributed by atoms with Crippen LogP contribution < -0.4 is 9.47 Å². The third-order valence-electron chi connectivity index (χ3n) is 5.18. The van der Waals surface area contributed by atoms with Gasteiger partial charge in [-0.3, -0.25) is 9.69 Å². The van der Waals surface area contributed by atoms with E-state index in [0.717, 1.165) is 16.7 Å². The Morgan fingerprint density at radius 3 is 2.56 bits per heavy atom. The number of nitriles is 1. The van der Waals surface area contributed by atoms with Gasteiger partial charge in [-0.2, -0.15) is 5.26 Å². The molecule has 138 valence electrons. The van der Waals surface area contributed by atoms with Gasteiger partial charge in [-0.1, -0.05) is 24.3 Å². The maximum atomic E-state index is 12.8. The smallest absolute Gasteiger partial charge is 0.254 e. The lowest BCUT2D eigenvalue weighted by atomic mass is 10.0. The number of piperazine rings is 1. The zero-order valence-electron chi connectivity index (χ0n) is 15.2. The molecule has 0 aliphatic carbocycles. The first-order valence-electron chi connectivity index (χ1n) is 9.05. The molecule has 0 spiro atoms. The van der Waals surface area contributed by atoms with Crippen LogP contribution in [0.1, 0.15) is 27.5 Å². The molecule has 27 heavy (non-hydrogen) atoms. The number of rotatable bonds is 3. The highest BCUT2D eigenvalue weighted by Crippen LogP contribution is 2.35. The molecule has 2 heterocycles. The summed E-state index contributed by atoms with van der Waals surface area (Å²) in [7, 11) is 0. The topological polar surface area (TPSA) is 65.8 Å². The van der Waals surface area contributed by atoms with E-state index in [1.165, 1.54) is 0 Å². The molecular formula is C21H21N3O3. The third-order valence-corrected chi connectivity index (χ3v) is 5.18. The number of aryl methyl sites for hydroxylation is 1. The van der Waals surface area contributed by atoms with Crippen molar-refractivity contribution in [1.29, 1.82) is 5.26 Å². The summed E-state index contributed by atoms with van der Waals surface area (Å²) in [5.74, 6) is 1.45. The molecule has 1 unspecified atom stereocenters. The number of benzene rings is 2. The van der Waals surface area contributed by atoms with E-state index in [-0.39, 0.29) is 18.7 Å². The number of ether oxygens (including phenoxy) is 2. The van der Waals surface area contributed by atoms with Crippen molar-refractivity contribution in [3.05, 3.63) is 59.2 Å². The first-order valence-corrected chi connectivity index (χ1v) is 9.05. The molecule has 0 saturated carbocycles. The van der Waals surface area contributed by atoms with Crippen LogP contribution in [0.3, 0.4) is 0 Å². The molecule has 0 radical (unpaired) electrons. The highest BCUT2D eigenvalue weighted by atomic mass is 16.7. The van der Waals surface area contributed by atoms with E-state index in [4.69, 9.17) is 9.47 Å². The lowest BCUT2D eigenvalue weighted by Crippen LogP contribution is -2.49. The van der Waals surface area contributed by atoms with Gasteiger partial charge in [0.1, 0.15) is 6.04 Å². The lowest BCUT2D eigenvalue weighted by Gasteiger charge is -2.37. The summed E-state index contributed by atoms with van der Waals surface area (Å²) >= 11 is 0. The summed E-state index contributed by atoms with van der Waals surface area (Å²) in [4.78, 5) is 16.8. The van der Waals surface area contributed by atoms with E-state index < -0.39 is 0 Å². The zero-order chi connectivity index (χ0) is 18.8. The van der Waals surface area contributed by atoms with E-state index in [1.807, 2.05) is 54.3 Å². The van der Waals surface area contributed by atoms with Crippen molar-refractivity contribution in [2.24, 2.45) is 0 Å². The average Bonchev–Trinajstić information content (AvgIpc) is 3.17. The average molecular weight is 363 g/mol. The summed E-state index contributed by atoms with van der Waals surface area (Å²) < 4.78 is 10.8. The van der Waals surface area contributed by atoms with Crippen LogP contribution in [0, 0.1) is 18.3 Å². The fourth-order valence-electron chi connectivity index (χ4n) is 3.62. The van der Waals surface area contributed by atoms with Crippen LogP contribution in [0.2, 0.25) is 0 Å². The maximum absolute atomic E-state index is 12.8.